The second kappa shape index (κ2) is 9.95. The van der Waals surface area contributed by atoms with Gasteiger partial charge in [-0.2, -0.15) is 0 Å². The Hall–Kier alpha value is -2.58. The van der Waals surface area contributed by atoms with Gasteiger partial charge in [0.15, 0.2) is 5.16 Å². The molecule has 6 nitrogen and oxygen atoms in total. The zero-order valence-corrected chi connectivity index (χ0v) is 19.4. The van der Waals surface area contributed by atoms with Crippen LogP contribution in [0.15, 0.2) is 58.4 Å². The minimum atomic E-state index is -0.250. The van der Waals surface area contributed by atoms with E-state index in [0.717, 1.165) is 32.5 Å². The highest BCUT2D eigenvalue weighted by molar-refractivity contribution is 9.10. The monoisotopic (exact) mass is 486 g/mol. The van der Waals surface area contributed by atoms with Crippen LogP contribution in [0.3, 0.4) is 0 Å². The van der Waals surface area contributed by atoms with Gasteiger partial charge in [0, 0.05) is 28.2 Å². The van der Waals surface area contributed by atoms with Gasteiger partial charge >= 0.3 is 0 Å². The number of benzene rings is 2. The van der Waals surface area contributed by atoms with Crippen LogP contribution in [0, 0.1) is 20.8 Å². The molecule has 0 bridgehead atoms. The summed E-state index contributed by atoms with van der Waals surface area (Å²) in [6.07, 6.45) is 3.55. The molecule has 3 aromatic rings. The van der Waals surface area contributed by atoms with Crippen LogP contribution < -0.4 is 10.6 Å². The Morgan fingerprint density at radius 3 is 2.40 bits per heavy atom. The standard InChI is InChI=1S/C22H23BrN4O2S/c1-14-10-15(2)21(16(3)11-14)26-19(28)12-25-20(29)13-30-22-24-8-9-27(22)18-6-4-17(23)5-7-18/h4-11H,12-13H2,1-3H3,(H,25,29)(H,26,28). The summed E-state index contributed by atoms with van der Waals surface area (Å²) in [7, 11) is 0. The number of rotatable bonds is 7. The molecule has 3 rings (SSSR count). The zero-order chi connectivity index (χ0) is 21.7. The molecule has 0 aliphatic heterocycles. The fourth-order valence-electron chi connectivity index (χ4n) is 3.12. The third kappa shape index (κ3) is 5.73. The van der Waals surface area contributed by atoms with Crippen molar-refractivity contribution in [1.29, 1.82) is 0 Å². The van der Waals surface area contributed by atoms with Gasteiger partial charge in [-0.25, -0.2) is 4.98 Å². The summed E-state index contributed by atoms with van der Waals surface area (Å²) in [6.45, 7) is 5.86. The van der Waals surface area contributed by atoms with Crippen LogP contribution in [0.2, 0.25) is 0 Å². The SMILES string of the molecule is Cc1cc(C)c(NC(=O)CNC(=O)CSc2nccn2-c2ccc(Br)cc2)c(C)c1. The number of carbonyl (C=O) groups is 2. The molecule has 0 fully saturated rings. The van der Waals surface area contributed by atoms with E-state index in [-0.39, 0.29) is 24.1 Å². The van der Waals surface area contributed by atoms with Gasteiger partial charge in [-0.05, 0) is 56.2 Å². The number of aromatic nitrogens is 2. The highest BCUT2D eigenvalue weighted by Gasteiger charge is 2.12. The lowest BCUT2D eigenvalue weighted by molar-refractivity contribution is -0.122. The Bertz CT molecular complexity index is 1040. The second-order valence-corrected chi connectivity index (χ2v) is 8.80. The molecule has 8 heteroatoms. The van der Waals surface area contributed by atoms with Crippen molar-refractivity contribution >= 4 is 45.2 Å². The molecule has 156 valence electrons. The number of imidazole rings is 1. The topological polar surface area (TPSA) is 76.0 Å². The lowest BCUT2D eigenvalue weighted by Crippen LogP contribution is -2.34. The number of hydrogen-bond donors (Lipinski definition) is 2. The summed E-state index contributed by atoms with van der Waals surface area (Å²) in [4.78, 5) is 28.8. The molecular formula is C22H23BrN4O2S. The average Bonchev–Trinajstić information content (AvgIpc) is 3.16. The van der Waals surface area contributed by atoms with Gasteiger partial charge in [0.1, 0.15) is 0 Å². The molecule has 0 aliphatic carbocycles. The highest BCUT2D eigenvalue weighted by atomic mass is 79.9. The molecule has 0 saturated carbocycles. The van der Waals surface area contributed by atoms with Gasteiger partial charge < -0.3 is 10.6 Å². The molecule has 0 radical (unpaired) electrons. The van der Waals surface area contributed by atoms with E-state index in [4.69, 9.17) is 0 Å². The van der Waals surface area contributed by atoms with Crippen molar-refractivity contribution in [2.24, 2.45) is 0 Å². The van der Waals surface area contributed by atoms with Gasteiger partial charge in [-0.3, -0.25) is 14.2 Å². The van der Waals surface area contributed by atoms with E-state index in [1.165, 1.54) is 11.8 Å². The lowest BCUT2D eigenvalue weighted by Gasteiger charge is -2.13. The van der Waals surface area contributed by atoms with E-state index < -0.39 is 0 Å². The smallest absolute Gasteiger partial charge is 0.243 e. The molecule has 30 heavy (non-hydrogen) atoms. The average molecular weight is 487 g/mol. The van der Waals surface area contributed by atoms with Crippen molar-refractivity contribution in [3.63, 3.8) is 0 Å². The van der Waals surface area contributed by atoms with Gasteiger partial charge in [-0.15, -0.1) is 0 Å². The predicted molar refractivity (Wildman–Crippen MR) is 124 cm³/mol. The number of halogens is 1. The number of nitrogens with one attached hydrogen (secondary N) is 2. The Kier molecular flexibility index (Phi) is 7.33. The normalized spacial score (nSPS) is 10.7. The molecule has 0 spiro atoms. The fourth-order valence-corrected chi connectivity index (χ4v) is 4.18. The number of aryl methyl sites for hydroxylation is 3. The summed E-state index contributed by atoms with van der Waals surface area (Å²) in [5.74, 6) is -0.304. The summed E-state index contributed by atoms with van der Waals surface area (Å²) in [5, 5.41) is 6.26. The molecule has 0 atom stereocenters. The quantitative estimate of drug-likeness (QED) is 0.485. The van der Waals surface area contributed by atoms with Crippen LogP contribution >= 0.6 is 27.7 Å². The Balaban J connectivity index is 1.51. The maximum atomic E-state index is 12.3. The Morgan fingerprint density at radius 1 is 1.07 bits per heavy atom. The largest absolute Gasteiger partial charge is 0.346 e. The fraction of sp³-hybridized carbons (Fsp3) is 0.227. The minimum Gasteiger partial charge on any atom is -0.346 e. The minimum absolute atomic E-state index is 0.0761. The number of amides is 2. The molecule has 0 aliphatic rings. The number of hydrogen-bond acceptors (Lipinski definition) is 4. The first kappa shape index (κ1) is 22.1. The van der Waals surface area contributed by atoms with Crippen LogP contribution in [0.4, 0.5) is 5.69 Å². The van der Waals surface area contributed by atoms with E-state index in [9.17, 15) is 9.59 Å². The highest BCUT2D eigenvalue weighted by Crippen LogP contribution is 2.23. The van der Waals surface area contributed by atoms with Crippen molar-refractivity contribution in [3.05, 3.63) is 70.0 Å². The Labute approximate surface area is 188 Å². The first-order valence-electron chi connectivity index (χ1n) is 9.40. The van der Waals surface area contributed by atoms with Crippen molar-refractivity contribution in [3.8, 4) is 5.69 Å². The number of thioether (sulfide) groups is 1. The van der Waals surface area contributed by atoms with Crippen LogP contribution in [0.25, 0.3) is 5.69 Å². The van der Waals surface area contributed by atoms with Gasteiger partial charge in [0.25, 0.3) is 0 Å². The number of carbonyl (C=O) groups excluding carboxylic acids is 2. The molecule has 0 unspecified atom stereocenters. The van der Waals surface area contributed by atoms with E-state index in [1.807, 2.05) is 67.9 Å². The van der Waals surface area contributed by atoms with Crippen molar-refractivity contribution in [1.82, 2.24) is 14.9 Å². The number of nitrogens with zero attached hydrogens (tertiary/aromatic N) is 2. The summed E-state index contributed by atoms with van der Waals surface area (Å²) in [5.41, 5.74) is 4.91. The van der Waals surface area contributed by atoms with Crippen LogP contribution in [0.5, 0.6) is 0 Å². The molecule has 1 heterocycles. The molecular weight excluding hydrogens is 464 g/mol. The second-order valence-electron chi connectivity index (χ2n) is 6.94. The molecule has 1 aromatic heterocycles. The summed E-state index contributed by atoms with van der Waals surface area (Å²) in [6, 6.07) is 11.9. The van der Waals surface area contributed by atoms with Crippen LogP contribution in [-0.4, -0.2) is 33.7 Å². The maximum Gasteiger partial charge on any atom is 0.243 e. The van der Waals surface area contributed by atoms with Crippen LogP contribution in [0.1, 0.15) is 16.7 Å². The molecule has 2 N–H and O–H groups in total. The van der Waals surface area contributed by atoms with E-state index in [0.29, 0.717) is 5.16 Å². The van der Waals surface area contributed by atoms with Gasteiger partial charge in [-0.1, -0.05) is 45.4 Å². The van der Waals surface area contributed by atoms with Crippen molar-refractivity contribution < 1.29 is 9.59 Å². The van der Waals surface area contributed by atoms with Gasteiger partial charge in [0.05, 0.1) is 12.3 Å². The van der Waals surface area contributed by atoms with Crippen LogP contribution in [-0.2, 0) is 9.59 Å². The summed E-state index contributed by atoms with van der Waals surface area (Å²) < 4.78 is 2.91. The van der Waals surface area contributed by atoms with E-state index >= 15 is 0 Å². The zero-order valence-electron chi connectivity index (χ0n) is 17.0. The maximum absolute atomic E-state index is 12.3. The van der Waals surface area contributed by atoms with E-state index in [1.54, 1.807) is 6.20 Å². The molecule has 2 aromatic carbocycles. The van der Waals surface area contributed by atoms with Crippen molar-refractivity contribution in [2.45, 2.75) is 25.9 Å². The third-order valence-electron chi connectivity index (χ3n) is 4.43. The predicted octanol–water partition coefficient (Wildman–Crippen LogP) is 4.41. The third-order valence-corrected chi connectivity index (χ3v) is 5.93. The Morgan fingerprint density at radius 2 is 1.73 bits per heavy atom. The molecule has 2 amide bonds. The number of anilines is 1. The van der Waals surface area contributed by atoms with Gasteiger partial charge in [0.2, 0.25) is 11.8 Å². The van der Waals surface area contributed by atoms with Crippen molar-refractivity contribution in [2.75, 3.05) is 17.6 Å². The first-order chi connectivity index (χ1) is 14.3. The first-order valence-corrected chi connectivity index (χ1v) is 11.2. The summed E-state index contributed by atoms with van der Waals surface area (Å²) >= 11 is 4.74. The van der Waals surface area contributed by atoms with E-state index in [2.05, 4.69) is 31.5 Å². The molecule has 0 saturated heterocycles. The lowest BCUT2D eigenvalue weighted by atomic mass is 10.1.